The van der Waals surface area contributed by atoms with Gasteiger partial charge < -0.3 is 15.4 Å². The minimum absolute atomic E-state index is 0.179. The number of benzene rings is 1. The van der Waals surface area contributed by atoms with Crippen molar-refractivity contribution in [2.24, 2.45) is 5.73 Å². The van der Waals surface area contributed by atoms with Crippen molar-refractivity contribution in [3.63, 3.8) is 0 Å². The quantitative estimate of drug-likeness (QED) is 0.870. The van der Waals surface area contributed by atoms with Crippen LogP contribution in [-0.2, 0) is 11.2 Å². The Bertz CT molecular complexity index is 391. The molecule has 0 aromatic heterocycles. The second kappa shape index (κ2) is 6.16. The van der Waals surface area contributed by atoms with Crippen LogP contribution in [0.5, 0.6) is 0 Å². The molecule has 1 unspecified atom stereocenters. The van der Waals surface area contributed by atoms with E-state index in [1.54, 1.807) is 6.07 Å². The SMILES string of the molecule is CN(CC1CCCO1)c1c(F)cccc1CCN. The summed E-state index contributed by atoms with van der Waals surface area (Å²) in [7, 11) is 1.92. The number of nitrogens with two attached hydrogens (primary N) is 1. The molecule has 0 amide bonds. The highest BCUT2D eigenvalue weighted by atomic mass is 19.1. The molecule has 18 heavy (non-hydrogen) atoms. The molecule has 0 spiro atoms. The predicted octanol–water partition coefficient (Wildman–Crippen LogP) is 1.94. The third-order valence-electron chi connectivity index (χ3n) is 3.37. The molecule has 0 aliphatic carbocycles. The molecule has 0 bridgehead atoms. The van der Waals surface area contributed by atoms with Crippen molar-refractivity contribution in [2.45, 2.75) is 25.4 Å². The number of likely N-dealkylation sites (N-methyl/N-ethyl adjacent to an activating group) is 1. The number of halogens is 1. The van der Waals surface area contributed by atoms with E-state index in [0.717, 1.165) is 31.6 Å². The maximum Gasteiger partial charge on any atom is 0.146 e. The first-order chi connectivity index (χ1) is 8.72. The van der Waals surface area contributed by atoms with Crippen molar-refractivity contribution in [1.82, 2.24) is 0 Å². The van der Waals surface area contributed by atoms with Crippen LogP contribution in [0.4, 0.5) is 10.1 Å². The molecule has 1 aliphatic rings. The molecule has 1 aromatic carbocycles. The molecule has 4 heteroatoms. The third kappa shape index (κ3) is 3.00. The number of rotatable bonds is 5. The van der Waals surface area contributed by atoms with Crippen LogP contribution in [0.25, 0.3) is 0 Å². The van der Waals surface area contributed by atoms with E-state index in [1.165, 1.54) is 6.07 Å². The largest absolute Gasteiger partial charge is 0.376 e. The lowest BCUT2D eigenvalue weighted by atomic mass is 10.1. The maximum atomic E-state index is 14.0. The Morgan fingerprint density at radius 2 is 2.33 bits per heavy atom. The molecule has 1 aromatic rings. The molecule has 1 fully saturated rings. The summed E-state index contributed by atoms with van der Waals surface area (Å²) >= 11 is 0. The molecule has 2 N–H and O–H groups in total. The summed E-state index contributed by atoms with van der Waals surface area (Å²) in [6, 6.07) is 5.18. The zero-order chi connectivity index (χ0) is 13.0. The Morgan fingerprint density at radius 1 is 1.50 bits per heavy atom. The summed E-state index contributed by atoms with van der Waals surface area (Å²) in [6.07, 6.45) is 3.08. The van der Waals surface area contributed by atoms with Crippen LogP contribution < -0.4 is 10.6 Å². The first kappa shape index (κ1) is 13.3. The van der Waals surface area contributed by atoms with E-state index in [0.29, 0.717) is 18.7 Å². The molecular weight excluding hydrogens is 231 g/mol. The van der Waals surface area contributed by atoms with Crippen molar-refractivity contribution in [3.8, 4) is 0 Å². The molecule has 3 nitrogen and oxygen atoms in total. The molecule has 0 saturated carbocycles. The molecular formula is C14H21FN2O. The number of hydrogen-bond acceptors (Lipinski definition) is 3. The van der Waals surface area contributed by atoms with Crippen LogP contribution in [0.3, 0.4) is 0 Å². The highest BCUT2D eigenvalue weighted by molar-refractivity contribution is 5.54. The monoisotopic (exact) mass is 252 g/mol. The van der Waals surface area contributed by atoms with Gasteiger partial charge in [-0.15, -0.1) is 0 Å². The van der Waals surface area contributed by atoms with Gasteiger partial charge in [0.2, 0.25) is 0 Å². The molecule has 1 atom stereocenters. The lowest BCUT2D eigenvalue weighted by molar-refractivity contribution is 0.116. The van der Waals surface area contributed by atoms with Crippen molar-refractivity contribution in [3.05, 3.63) is 29.6 Å². The zero-order valence-electron chi connectivity index (χ0n) is 10.9. The fourth-order valence-corrected chi connectivity index (χ4v) is 2.53. The van der Waals surface area contributed by atoms with Crippen LogP contribution >= 0.6 is 0 Å². The van der Waals surface area contributed by atoms with Gasteiger partial charge in [-0.3, -0.25) is 0 Å². The first-order valence-electron chi connectivity index (χ1n) is 6.52. The highest BCUT2D eigenvalue weighted by Crippen LogP contribution is 2.25. The minimum atomic E-state index is -0.179. The van der Waals surface area contributed by atoms with E-state index < -0.39 is 0 Å². The topological polar surface area (TPSA) is 38.5 Å². The van der Waals surface area contributed by atoms with E-state index in [2.05, 4.69) is 0 Å². The van der Waals surface area contributed by atoms with E-state index in [1.807, 2.05) is 18.0 Å². The molecule has 1 heterocycles. The average molecular weight is 252 g/mol. The summed E-state index contributed by atoms with van der Waals surface area (Å²) in [4.78, 5) is 1.95. The van der Waals surface area contributed by atoms with Crippen LogP contribution in [0, 0.1) is 5.82 Å². The van der Waals surface area contributed by atoms with Gasteiger partial charge >= 0.3 is 0 Å². The third-order valence-corrected chi connectivity index (χ3v) is 3.37. The number of hydrogen-bond donors (Lipinski definition) is 1. The van der Waals surface area contributed by atoms with Crippen LogP contribution in [-0.4, -0.2) is 32.8 Å². The fraction of sp³-hybridized carbons (Fsp3) is 0.571. The van der Waals surface area contributed by atoms with Gasteiger partial charge in [0.05, 0.1) is 11.8 Å². The lowest BCUT2D eigenvalue weighted by Gasteiger charge is -2.25. The standard InChI is InChI=1S/C14H21FN2O/c1-17(10-12-5-3-9-18-12)14-11(7-8-16)4-2-6-13(14)15/h2,4,6,12H,3,5,7-10,16H2,1H3. The van der Waals surface area contributed by atoms with E-state index in [-0.39, 0.29) is 11.9 Å². The van der Waals surface area contributed by atoms with Gasteiger partial charge in [-0.25, -0.2) is 4.39 Å². The number of nitrogens with zero attached hydrogens (tertiary/aromatic N) is 1. The van der Waals surface area contributed by atoms with Gasteiger partial charge in [0.1, 0.15) is 5.82 Å². The Morgan fingerprint density at radius 3 is 3.00 bits per heavy atom. The molecule has 1 aliphatic heterocycles. The highest BCUT2D eigenvalue weighted by Gasteiger charge is 2.20. The molecule has 0 radical (unpaired) electrons. The minimum Gasteiger partial charge on any atom is -0.376 e. The summed E-state index contributed by atoms with van der Waals surface area (Å²) in [5, 5.41) is 0. The second-order valence-electron chi connectivity index (χ2n) is 4.80. The summed E-state index contributed by atoms with van der Waals surface area (Å²) in [5.41, 5.74) is 7.21. The van der Waals surface area contributed by atoms with Gasteiger partial charge in [-0.2, -0.15) is 0 Å². The first-order valence-corrected chi connectivity index (χ1v) is 6.52. The van der Waals surface area contributed by atoms with Crippen LogP contribution in [0.15, 0.2) is 18.2 Å². The van der Waals surface area contributed by atoms with Gasteiger partial charge in [-0.05, 0) is 37.4 Å². The Labute approximate surface area is 108 Å². The van der Waals surface area contributed by atoms with Crippen molar-refractivity contribution in [1.29, 1.82) is 0 Å². The smallest absolute Gasteiger partial charge is 0.146 e. The van der Waals surface area contributed by atoms with E-state index >= 15 is 0 Å². The average Bonchev–Trinajstić information content (AvgIpc) is 2.82. The zero-order valence-corrected chi connectivity index (χ0v) is 10.9. The van der Waals surface area contributed by atoms with E-state index in [9.17, 15) is 4.39 Å². The Kier molecular flexibility index (Phi) is 4.55. The summed E-state index contributed by atoms with van der Waals surface area (Å²) in [6.45, 7) is 2.09. The Balaban J connectivity index is 2.14. The van der Waals surface area contributed by atoms with E-state index in [4.69, 9.17) is 10.5 Å². The normalized spacial score (nSPS) is 19.2. The van der Waals surface area contributed by atoms with Gasteiger partial charge in [-0.1, -0.05) is 12.1 Å². The molecule has 100 valence electrons. The second-order valence-corrected chi connectivity index (χ2v) is 4.80. The van der Waals surface area contributed by atoms with Gasteiger partial charge in [0.25, 0.3) is 0 Å². The van der Waals surface area contributed by atoms with Crippen molar-refractivity contribution < 1.29 is 9.13 Å². The van der Waals surface area contributed by atoms with Crippen molar-refractivity contribution >= 4 is 5.69 Å². The Hall–Kier alpha value is -1.13. The maximum absolute atomic E-state index is 14.0. The van der Waals surface area contributed by atoms with Gasteiger partial charge in [0.15, 0.2) is 0 Å². The van der Waals surface area contributed by atoms with Gasteiger partial charge in [0, 0.05) is 20.2 Å². The number of para-hydroxylation sites is 1. The molecule has 1 saturated heterocycles. The summed E-state index contributed by atoms with van der Waals surface area (Å²) in [5.74, 6) is -0.179. The fourth-order valence-electron chi connectivity index (χ4n) is 2.53. The van der Waals surface area contributed by atoms with Crippen LogP contribution in [0.1, 0.15) is 18.4 Å². The molecule has 2 rings (SSSR count). The predicted molar refractivity (Wildman–Crippen MR) is 71.4 cm³/mol. The summed E-state index contributed by atoms with van der Waals surface area (Å²) < 4.78 is 19.6. The number of anilines is 1. The number of ether oxygens (including phenoxy) is 1. The lowest BCUT2D eigenvalue weighted by Crippen LogP contribution is -2.30. The van der Waals surface area contributed by atoms with Crippen molar-refractivity contribution in [2.75, 3.05) is 31.6 Å². The van der Waals surface area contributed by atoms with Crippen LogP contribution in [0.2, 0.25) is 0 Å².